The van der Waals surface area contributed by atoms with Crippen molar-refractivity contribution >= 4 is 51.8 Å². The number of rotatable bonds is 6. The van der Waals surface area contributed by atoms with Gasteiger partial charge in [-0.05, 0) is 41.8 Å². The number of aromatic nitrogens is 1. The second kappa shape index (κ2) is 11.7. The Labute approximate surface area is 259 Å². The molecule has 2 atom stereocenters. The number of hydrogen-bond donors (Lipinski definition) is 1. The number of halogens is 3. The van der Waals surface area contributed by atoms with E-state index in [0.717, 1.165) is 22.0 Å². The molecular weight excluding hydrogens is 590 g/mol. The van der Waals surface area contributed by atoms with Crippen LogP contribution >= 0.6 is 23.2 Å². The highest BCUT2D eigenvalue weighted by atomic mass is 35.5. The second-order valence-corrected chi connectivity index (χ2v) is 12.2. The fraction of sp³-hybridized carbons (Fsp3) is 0.303. The van der Waals surface area contributed by atoms with E-state index < -0.39 is 17.3 Å². The molecule has 222 valence electrons. The highest BCUT2D eigenvalue weighted by Gasteiger charge is 2.58. The van der Waals surface area contributed by atoms with Crippen molar-refractivity contribution in [1.82, 2.24) is 19.7 Å². The minimum atomic E-state index is -1.17. The van der Waals surface area contributed by atoms with Crippen LogP contribution < -0.4 is 0 Å². The SMILES string of the molecule is CC(=O)N1CCN(C(=O)[C@]2(Cc3ccccc3)CC(=O)N(Cc3ccc(Cl)c(F)c3)[C@H]2c2c[nH]c3cc(Cl)ccc23)CC1. The van der Waals surface area contributed by atoms with E-state index in [2.05, 4.69) is 4.98 Å². The monoisotopic (exact) mass is 620 g/mol. The van der Waals surface area contributed by atoms with E-state index in [9.17, 15) is 18.8 Å². The molecule has 1 N–H and O–H groups in total. The van der Waals surface area contributed by atoms with Crippen molar-refractivity contribution in [2.45, 2.75) is 32.4 Å². The lowest BCUT2D eigenvalue weighted by Gasteiger charge is -2.43. The summed E-state index contributed by atoms with van der Waals surface area (Å²) in [6, 6.07) is 19.0. The van der Waals surface area contributed by atoms with Crippen molar-refractivity contribution in [3.05, 3.63) is 105 Å². The molecule has 1 aromatic heterocycles. The summed E-state index contributed by atoms with van der Waals surface area (Å²) in [7, 11) is 0. The van der Waals surface area contributed by atoms with Crippen molar-refractivity contribution in [3.8, 4) is 0 Å². The van der Waals surface area contributed by atoms with Crippen LogP contribution in [0.4, 0.5) is 4.39 Å². The Morgan fingerprint density at radius 1 is 0.953 bits per heavy atom. The number of nitrogens with zero attached hydrogens (tertiary/aromatic N) is 3. The summed E-state index contributed by atoms with van der Waals surface area (Å²) in [6.07, 6.45) is 2.15. The Hall–Kier alpha value is -3.88. The maximum absolute atomic E-state index is 14.9. The molecule has 3 amide bonds. The van der Waals surface area contributed by atoms with Crippen LogP contribution in [-0.4, -0.2) is 63.6 Å². The lowest BCUT2D eigenvalue weighted by Crippen LogP contribution is -2.55. The number of aromatic amines is 1. The maximum atomic E-state index is 14.9. The van der Waals surface area contributed by atoms with Crippen molar-refractivity contribution in [2.75, 3.05) is 26.2 Å². The third-order valence-electron chi connectivity index (χ3n) is 8.73. The van der Waals surface area contributed by atoms with Gasteiger partial charge in [-0.25, -0.2) is 4.39 Å². The average Bonchev–Trinajstić information content (AvgIpc) is 3.52. The standard InChI is InChI=1S/C33H31Cl2FN4O3/c1-21(41)38-11-13-39(14-12-38)32(43)33(17-22-5-3-2-4-6-22)18-30(42)40(20-23-7-10-27(35)28(36)15-23)31(33)26-19-37-29-16-24(34)8-9-25(26)29/h2-10,15-16,19,31,37H,11-14,17-18,20H2,1H3/t31-,33+/m0/s1. The van der Waals surface area contributed by atoms with Crippen LogP contribution in [0, 0.1) is 11.2 Å². The highest BCUT2D eigenvalue weighted by molar-refractivity contribution is 6.31. The Balaban J connectivity index is 1.50. The molecule has 3 heterocycles. The fourth-order valence-electron chi connectivity index (χ4n) is 6.66. The van der Waals surface area contributed by atoms with Gasteiger partial charge in [0.2, 0.25) is 17.7 Å². The van der Waals surface area contributed by atoms with E-state index in [1.807, 2.05) is 48.7 Å². The molecule has 2 aliphatic rings. The van der Waals surface area contributed by atoms with Gasteiger partial charge in [0.1, 0.15) is 5.82 Å². The molecule has 2 aliphatic heterocycles. The van der Waals surface area contributed by atoms with Gasteiger partial charge in [-0.1, -0.05) is 65.7 Å². The number of fused-ring (bicyclic) bond motifs is 1. The molecule has 3 aromatic carbocycles. The predicted octanol–water partition coefficient (Wildman–Crippen LogP) is 6.01. The fourth-order valence-corrected chi connectivity index (χ4v) is 6.95. The van der Waals surface area contributed by atoms with Crippen LogP contribution in [0.15, 0.2) is 72.9 Å². The molecule has 0 bridgehead atoms. The number of H-pyrrole nitrogens is 1. The number of nitrogens with one attached hydrogen (secondary N) is 1. The van der Waals surface area contributed by atoms with Crippen LogP contribution in [-0.2, 0) is 27.3 Å². The van der Waals surface area contributed by atoms with E-state index in [-0.39, 0.29) is 35.7 Å². The first kappa shape index (κ1) is 29.2. The van der Waals surface area contributed by atoms with E-state index in [0.29, 0.717) is 43.2 Å². The number of carbonyl (C=O) groups is 3. The molecule has 2 saturated heterocycles. The Kier molecular flexibility index (Phi) is 7.92. The number of piperazine rings is 1. The van der Waals surface area contributed by atoms with Gasteiger partial charge >= 0.3 is 0 Å². The number of amides is 3. The topological polar surface area (TPSA) is 76.7 Å². The summed E-state index contributed by atoms with van der Waals surface area (Å²) >= 11 is 12.3. The highest BCUT2D eigenvalue weighted by Crippen LogP contribution is 2.53. The minimum Gasteiger partial charge on any atom is -0.361 e. The second-order valence-electron chi connectivity index (χ2n) is 11.4. The molecular formula is C33H31Cl2FN4O3. The van der Waals surface area contributed by atoms with E-state index in [1.165, 1.54) is 19.1 Å². The van der Waals surface area contributed by atoms with Crippen LogP contribution in [0.1, 0.15) is 36.1 Å². The Bertz CT molecular complexity index is 1700. The number of carbonyl (C=O) groups excluding carboxylic acids is 3. The van der Waals surface area contributed by atoms with Crippen LogP contribution in [0.25, 0.3) is 10.9 Å². The Morgan fingerprint density at radius 2 is 1.67 bits per heavy atom. The molecule has 0 unspecified atom stereocenters. The van der Waals surface area contributed by atoms with Crippen molar-refractivity contribution in [3.63, 3.8) is 0 Å². The summed E-state index contributed by atoms with van der Waals surface area (Å²) in [5, 5.41) is 1.41. The van der Waals surface area contributed by atoms with E-state index in [4.69, 9.17) is 23.2 Å². The minimum absolute atomic E-state index is 0.000129. The van der Waals surface area contributed by atoms with Gasteiger partial charge in [-0.2, -0.15) is 0 Å². The van der Waals surface area contributed by atoms with Gasteiger partial charge in [0.05, 0.1) is 16.5 Å². The molecule has 6 rings (SSSR count). The summed E-state index contributed by atoms with van der Waals surface area (Å²) in [5.41, 5.74) is 1.91. The normalized spacial score (nSPS) is 20.7. The van der Waals surface area contributed by atoms with Crippen LogP contribution in [0.2, 0.25) is 10.0 Å². The molecule has 0 spiro atoms. The first-order valence-corrected chi connectivity index (χ1v) is 15.0. The quantitative estimate of drug-likeness (QED) is 0.287. The van der Waals surface area contributed by atoms with Gasteiger partial charge in [0.25, 0.3) is 0 Å². The number of hydrogen-bond acceptors (Lipinski definition) is 3. The van der Waals surface area contributed by atoms with Crippen LogP contribution in [0.3, 0.4) is 0 Å². The zero-order chi connectivity index (χ0) is 30.3. The molecule has 0 saturated carbocycles. The van der Waals surface area contributed by atoms with Gasteiger partial charge in [0, 0.05) is 73.8 Å². The van der Waals surface area contributed by atoms with E-state index >= 15 is 0 Å². The number of likely N-dealkylation sites (tertiary alicyclic amines) is 1. The smallest absolute Gasteiger partial charge is 0.232 e. The zero-order valence-electron chi connectivity index (χ0n) is 23.7. The van der Waals surface area contributed by atoms with Crippen molar-refractivity contribution in [1.29, 1.82) is 0 Å². The number of benzene rings is 3. The van der Waals surface area contributed by atoms with Gasteiger partial charge in [0.15, 0.2) is 0 Å². The van der Waals surface area contributed by atoms with Gasteiger partial charge in [-0.3, -0.25) is 14.4 Å². The van der Waals surface area contributed by atoms with Crippen molar-refractivity contribution in [2.24, 2.45) is 5.41 Å². The zero-order valence-corrected chi connectivity index (χ0v) is 25.2. The summed E-state index contributed by atoms with van der Waals surface area (Å²) in [4.78, 5) is 49.5. The summed E-state index contributed by atoms with van der Waals surface area (Å²) < 4.78 is 14.5. The largest absolute Gasteiger partial charge is 0.361 e. The lowest BCUT2D eigenvalue weighted by atomic mass is 9.71. The average molecular weight is 622 g/mol. The molecule has 43 heavy (non-hydrogen) atoms. The third-order valence-corrected chi connectivity index (χ3v) is 9.27. The third kappa shape index (κ3) is 5.50. The van der Waals surface area contributed by atoms with E-state index in [1.54, 1.807) is 26.8 Å². The first-order valence-electron chi connectivity index (χ1n) is 14.2. The molecule has 2 fully saturated rings. The Morgan fingerprint density at radius 3 is 2.37 bits per heavy atom. The first-order chi connectivity index (χ1) is 20.7. The summed E-state index contributed by atoms with van der Waals surface area (Å²) in [5.74, 6) is -0.931. The molecule has 7 nitrogen and oxygen atoms in total. The van der Waals surface area contributed by atoms with Crippen LogP contribution in [0.5, 0.6) is 0 Å². The summed E-state index contributed by atoms with van der Waals surface area (Å²) in [6.45, 7) is 3.24. The molecule has 0 aliphatic carbocycles. The van der Waals surface area contributed by atoms with Crippen molar-refractivity contribution < 1.29 is 18.8 Å². The van der Waals surface area contributed by atoms with Gasteiger partial charge in [-0.15, -0.1) is 0 Å². The predicted molar refractivity (Wildman–Crippen MR) is 164 cm³/mol. The maximum Gasteiger partial charge on any atom is 0.232 e. The molecule has 10 heteroatoms. The lowest BCUT2D eigenvalue weighted by molar-refractivity contribution is -0.148. The van der Waals surface area contributed by atoms with Gasteiger partial charge < -0.3 is 19.7 Å². The molecule has 4 aromatic rings. The molecule has 0 radical (unpaired) electrons.